The molecule has 0 spiro atoms. The first-order chi connectivity index (χ1) is 5.70. The van der Waals surface area contributed by atoms with Crippen LogP contribution in [0.25, 0.3) is 0 Å². The Morgan fingerprint density at radius 2 is 1.69 bits per heavy atom. The van der Waals surface area contributed by atoms with Gasteiger partial charge in [-0.15, -0.1) is 0 Å². The van der Waals surface area contributed by atoms with Crippen molar-refractivity contribution in [2.24, 2.45) is 0 Å². The fourth-order valence-corrected chi connectivity index (χ4v) is 0.456. The van der Waals surface area contributed by atoms with Gasteiger partial charge in [-0.3, -0.25) is 4.79 Å². The van der Waals surface area contributed by atoms with Crippen molar-refractivity contribution in [3.63, 3.8) is 0 Å². The van der Waals surface area contributed by atoms with Gasteiger partial charge in [-0.25, -0.2) is 0 Å². The first-order valence-electron chi connectivity index (χ1n) is 3.37. The molecule has 78 valence electrons. The molecule has 0 aliphatic rings. The topological polar surface area (TPSA) is 26.3 Å². The second-order valence-corrected chi connectivity index (χ2v) is 2.24. The molecule has 2 nitrogen and oxygen atoms in total. The lowest BCUT2D eigenvalue weighted by Gasteiger charge is -2.18. The van der Waals surface area contributed by atoms with E-state index in [9.17, 15) is 26.7 Å². The molecule has 0 saturated heterocycles. The SMILES string of the molecule is CCCC(=O)OC(F)(F)C(F)(F)F. The van der Waals surface area contributed by atoms with Gasteiger partial charge < -0.3 is 4.74 Å². The molecule has 0 N–H and O–H groups in total. The van der Waals surface area contributed by atoms with Crippen LogP contribution in [0.3, 0.4) is 0 Å². The first kappa shape index (κ1) is 12.1. The van der Waals surface area contributed by atoms with E-state index in [2.05, 4.69) is 4.74 Å². The maximum Gasteiger partial charge on any atom is 0.501 e. The van der Waals surface area contributed by atoms with Crippen LogP contribution < -0.4 is 0 Å². The first-order valence-corrected chi connectivity index (χ1v) is 3.37. The maximum atomic E-state index is 11.9. The van der Waals surface area contributed by atoms with Crippen molar-refractivity contribution in [3.05, 3.63) is 0 Å². The summed E-state index contributed by atoms with van der Waals surface area (Å²) < 4.78 is 61.0. The Balaban J connectivity index is 4.26. The van der Waals surface area contributed by atoms with Crippen molar-refractivity contribution < 1.29 is 31.5 Å². The van der Waals surface area contributed by atoms with Crippen molar-refractivity contribution in [1.82, 2.24) is 0 Å². The van der Waals surface area contributed by atoms with Gasteiger partial charge in [-0.1, -0.05) is 6.92 Å². The second-order valence-electron chi connectivity index (χ2n) is 2.24. The number of carbonyl (C=O) groups is 1. The molecular formula is C6H7F5O2. The van der Waals surface area contributed by atoms with E-state index in [-0.39, 0.29) is 6.42 Å². The smallest absolute Gasteiger partial charge is 0.394 e. The molecule has 0 saturated carbocycles. The minimum atomic E-state index is -5.85. The Hall–Kier alpha value is -0.880. The van der Waals surface area contributed by atoms with Gasteiger partial charge in [0.25, 0.3) is 0 Å². The molecule has 0 atom stereocenters. The molecule has 0 aromatic heterocycles. The van der Waals surface area contributed by atoms with E-state index in [1.807, 2.05) is 0 Å². The summed E-state index contributed by atoms with van der Waals surface area (Å²) in [5.74, 6) is -1.56. The van der Waals surface area contributed by atoms with E-state index >= 15 is 0 Å². The van der Waals surface area contributed by atoms with Crippen molar-refractivity contribution in [3.8, 4) is 0 Å². The van der Waals surface area contributed by atoms with Gasteiger partial charge in [0, 0.05) is 6.42 Å². The molecule has 0 aliphatic carbocycles. The summed E-state index contributed by atoms with van der Waals surface area (Å²) >= 11 is 0. The van der Waals surface area contributed by atoms with Gasteiger partial charge in [-0.05, 0) is 6.42 Å². The normalized spacial score (nSPS) is 12.8. The molecule has 0 heterocycles. The van der Waals surface area contributed by atoms with Gasteiger partial charge in [0.15, 0.2) is 0 Å². The Morgan fingerprint density at radius 3 is 2.00 bits per heavy atom. The average molecular weight is 206 g/mol. The number of hydrogen-bond acceptors (Lipinski definition) is 2. The van der Waals surface area contributed by atoms with Crippen LogP contribution in [-0.2, 0) is 9.53 Å². The number of carbonyl (C=O) groups excluding carboxylic acids is 1. The highest BCUT2D eigenvalue weighted by Crippen LogP contribution is 2.36. The number of alkyl halides is 5. The minimum absolute atomic E-state index is 0.146. The monoisotopic (exact) mass is 206 g/mol. The highest BCUT2D eigenvalue weighted by Gasteiger charge is 2.61. The quantitative estimate of drug-likeness (QED) is 0.523. The fourth-order valence-electron chi connectivity index (χ4n) is 0.456. The lowest BCUT2D eigenvalue weighted by Crippen LogP contribution is -2.40. The van der Waals surface area contributed by atoms with E-state index in [0.717, 1.165) is 0 Å². The summed E-state index contributed by atoms with van der Waals surface area (Å²) in [6.45, 7) is 1.45. The van der Waals surface area contributed by atoms with Gasteiger partial charge >= 0.3 is 18.3 Å². The van der Waals surface area contributed by atoms with Crippen molar-refractivity contribution in [1.29, 1.82) is 0 Å². The summed E-state index contributed by atoms with van der Waals surface area (Å²) in [5, 5.41) is 0. The van der Waals surface area contributed by atoms with Gasteiger partial charge in [0.2, 0.25) is 0 Å². The number of ether oxygens (including phenoxy) is 1. The molecule has 0 rings (SSSR count). The number of esters is 1. The zero-order valence-corrected chi connectivity index (χ0v) is 6.62. The van der Waals surface area contributed by atoms with E-state index in [1.165, 1.54) is 6.92 Å². The Kier molecular flexibility index (Phi) is 3.62. The number of halogens is 5. The van der Waals surface area contributed by atoms with Crippen molar-refractivity contribution in [2.75, 3.05) is 0 Å². The molecule has 0 fully saturated rings. The van der Waals surface area contributed by atoms with Gasteiger partial charge in [0.1, 0.15) is 0 Å². The number of rotatable bonds is 3. The van der Waals surface area contributed by atoms with Crippen LogP contribution in [0.4, 0.5) is 22.0 Å². The van der Waals surface area contributed by atoms with Crippen LogP contribution in [0.15, 0.2) is 0 Å². The third kappa shape index (κ3) is 3.56. The Bertz CT molecular complexity index is 186. The Morgan fingerprint density at radius 1 is 1.23 bits per heavy atom. The van der Waals surface area contributed by atoms with E-state index in [0.29, 0.717) is 0 Å². The molecule has 0 aromatic carbocycles. The van der Waals surface area contributed by atoms with Crippen LogP contribution in [0.5, 0.6) is 0 Å². The van der Waals surface area contributed by atoms with Gasteiger partial charge in [-0.2, -0.15) is 22.0 Å². The lowest BCUT2D eigenvalue weighted by molar-refractivity contribution is -0.376. The van der Waals surface area contributed by atoms with Crippen LogP contribution in [0, 0.1) is 0 Å². The Labute approximate surface area is 70.7 Å². The summed E-state index contributed by atoms with van der Waals surface area (Å²) in [7, 11) is 0. The predicted molar refractivity (Wildman–Crippen MR) is 32.0 cm³/mol. The molecule has 7 heteroatoms. The molecule has 0 aliphatic heterocycles. The van der Waals surface area contributed by atoms with E-state index in [4.69, 9.17) is 0 Å². The highest BCUT2D eigenvalue weighted by molar-refractivity contribution is 5.69. The van der Waals surface area contributed by atoms with E-state index in [1.54, 1.807) is 0 Å². The van der Waals surface area contributed by atoms with Gasteiger partial charge in [0.05, 0.1) is 0 Å². The lowest BCUT2D eigenvalue weighted by atomic mass is 10.3. The number of hydrogen-bond donors (Lipinski definition) is 0. The summed E-state index contributed by atoms with van der Waals surface area (Å²) in [6.07, 6.45) is -11.6. The molecular weight excluding hydrogens is 199 g/mol. The molecule has 0 bridgehead atoms. The second kappa shape index (κ2) is 3.89. The van der Waals surface area contributed by atoms with Crippen LogP contribution in [-0.4, -0.2) is 18.3 Å². The van der Waals surface area contributed by atoms with Crippen molar-refractivity contribution in [2.45, 2.75) is 32.1 Å². The largest absolute Gasteiger partial charge is 0.501 e. The fraction of sp³-hybridized carbons (Fsp3) is 0.833. The summed E-state index contributed by atoms with van der Waals surface area (Å²) in [6, 6.07) is 0. The highest BCUT2D eigenvalue weighted by atomic mass is 19.4. The molecule has 13 heavy (non-hydrogen) atoms. The van der Waals surface area contributed by atoms with Crippen LogP contribution >= 0.6 is 0 Å². The van der Waals surface area contributed by atoms with Crippen LogP contribution in [0.1, 0.15) is 19.8 Å². The zero-order valence-electron chi connectivity index (χ0n) is 6.62. The third-order valence-electron chi connectivity index (χ3n) is 1.03. The van der Waals surface area contributed by atoms with Crippen LogP contribution in [0.2, 0.25) is 0 Å². The summed E-state index contributed by atoms with van der Waals surface area (Å²) in [4.78, 5) is 10.3. The molecule has 0 unspecified atom stereocenters. The maximum absolute atomic E-state index is 11.9. The standard InChI is InChI=1S/C6H7F5O2/c1-2-3-4(12)13-6(10,11)5(7,8)9/h2-3H2,1H3. The molecule has 0 amide bonds. The minimum Gasteiger partial charge on any atom is -0.394 e. The molecule has 0 aromatic rings. The van der Waals surface area contributed by atoms with E-state index < -0.39 is 24.7 Å². The summed E-state index contributed by atoms with van der Waals surface area (Å²) in [5.41, 5.74) is 0. The zero-order chi connectivity index (χ0) is 10.7. The predicted octanol–water partition coefficient (Wildman–Crippen LogP) is 2.48. The van der Waals surface area contributed by atoms with Crippen molar-refractivity contribution >= 4 is 5.97 Å². The third-order valence-corrected chi connectivity index (χ3v) is 1.03. The molecule has 0 radical (unpaired) electrons. The average Bonchev–Trinajstić information content (AvgIpc) is 1.83.